The van der Waals surface area contributed by atoms with Crippen LogP contribution in [0.2, 0.25) is 10.0 Å². The highest BCUT2D eigenvalue weighted by Crippen LogP contribution is 2.36. The third-order valence-corrected chi connectivity index (χ3v) is 6.83. The molecule has 0 aliphatic carbocycles. The Morgan fingerprint density at radius 3 is 2.50 bits per heavy atom. The first-order valence-electron chi connectivity index (χ1n) is 9.04. The van der Waals surface area contributed by atoms with Crippen LogP contribution >= 0.6 is 23.2 Å². The average molecular weight is 370 g/mol. The Bertz CT molecular complexity index is 562. The summed E-state index contributed by atoms with van der Waals surface area (Å²) < 4.78 is 0. The van der Waals surface area contributed by atoms with Crippen molar-refractivity contribution >= 4 is 23.2 Å². The Labute approximate surface area is 156 Å². The van der Waals surface area contributed by atoms with Crippen molar-refractivity contribution in [3.05, 3.63) is 33.8 Å². The van der Waals surface area contributed by atoms with Crippen LogP contribution in [0.3, 0.4) is 0 Å². The molecule has 0 aromatic heterocycles. The fourth-order valence-electron chi connectivity index (χ4n) is 4.15. The molecule has 0 radical (unpaired) electrons. The van der Waals surface area contributed by atoms with Crippen molar-refractivity contribution in [2.45, 2.75) is 43.6 Å². The van der Waals surface area contributed by atoms with Gasteiger partial charge in [0.1, 0.15) is 0 Å². The van der Waals surface area contributed by atoms with E-state index in [-0.39, 0.29) is 11.0 Å². The molecule has 2 fully saturated rings. The van der Waals surface area contributed by atoms with Crippen molar-refractivity contribution in [3.63, 3.8) is 0 Å². The predicted octanol–water partition coefficient (Wildman–Crippen LogP) is 3.69. The summed E-state index contributed by atoms with van der Waals surface area (Å²) in [5, 5.41) is 8.41. The van der Waals surface area contributed by atoms with E-state index in [1.165, 1.54) is 31.2 Å². The molecule has 0 bridgehead atoms. The van der Waals surface area contributed by atoms with E-state index in [0.717, 1.165) is 32.7 Å². The molecule has 2 aliphatic rings. The van der Waals surface area contributed by atoms with Crippen LogP contribution in [-0.2, 0) is 5.41 Å². The molecule has 1 atom stereocenters. The topological polar surface area (TPSA) is 27.3 Å². The number of nitrogens with zero attached hydrogens (tertiary/aromatic N) is 1. The average Bonchev–Trinajstić information content (AvgIpc) is 2.60. The van der Waals surface area contributed by atoms with Crippen molar-refractivity contribution in [3.8, 4) is 0 Å². The zero-order valence-electron chi connectivity index (χ0n) is 14.8. The largest absolute Gasteiger partial charge is 0.316 e. The van der Waals surface area contributed by atoms with E-state index < -0.39 is 0 Å². The summed E-state index contributed by atoms with van der Waals surface area (Å²) in [5.74, 6) is 0. The van der Waals surface area contributed by atoms with Crippen LogP contribution in [0.25, 0.3) is 0 Å². The van der Waals surface area contributed by atoms with Gasteiger partial charge in [0.05, 0.1) is 10.0 Å². The van der Waals surface area contributed by atoms with Gasteiger partial charge in [-0.15, -0.1) is 0 Å². The molecule has 2 heterocycles. The lowest BCUT2D eigenvalue weighted by atomic mass is 9.73. The van der Waals surface area contributed by atoms with E-state index in [4.69, 9.17) is 23.2 Å². The molecule has 0 spiro atoms. The van der Waals surface area contributed by atoms with Crippen LogP contribution in [0.4, 0.5) is 0 Å². The van der Waals surface area contributed by atoms with Crippen molar-refractivity contribution < 1.29 is 0 Å². The lowest BCUT2D eigenvalue weighted by Crippen LogP contribution is -2.55. The minimum absolute atomic E-state index is 0.139. The molecule has 1 aromatic carbocycles. The molecule has 0 amide bonds. The summed E-state index contributed by atoms with van der Waals surface area (Å²) in [4.78, 5) is 2.63. The quantitative estimate of drug-likeness (QED) is 0.847. The highest BCUT2D eigenvalue weighted by atomic mass is 35.5. The van der Waals surface area contributed by atoms with Crippen molar-refractivity contribution in [2.75, 3.05) is 39.8 Å². The highest BCUT2D eigenvalue weighted by molar-refractivity contribution is 6.42. The van der Waals surface area contributed by atoms with Crippen molar-refractivity contribution in [1.29, 1.82) is 0 Å². The van der Waals surface area contributed by atoms with Crippen LogP contribution in [0.15, 0.2) is 18.2 Å². The smallest absolute Gasteiger partial charge is 0.0595 e. The fraction of sp³-hybridized carbons (Fsp3) is 0.684. The van der Waals surface area contributed by atoms with E-state index >= 15 is 0 Å². The lowest BCUT2D eigenvalue weighted by molar-refractivity contribution is 0.113. The first-order chi connectivity index (χ1) is 11.5. The van der Waals surface area contributed by atoms with Gasteiger partial charge in [-0.1, -0.05) is 29.3 Å². The van der Waals surface area contributed by atoms with Gasteiger partial charge in [0.15, 0.2) is 0 Å². The molecule has 3 nitrogen and oxygen atoms in total. The summed E-state index contributed by atoms with van der Waals surface area (Å²) in [6, 6.07) is 6.20. The number of piperidine rings is 2. The van der Waals surface area contributed by atoms with Gasteiger partial charge in [0.25, 0.3) is 0 Å². The third kappa shape index (κ3) is 3.91. The summed E-state index contributed by atoms with van der Waals surface area (Å²) in [6.07, 6.45) is 4.82. The highest BCUT2D eigenvalue weighted by Gasteiger charge is 2.38. The zero-order chi connectivity index (χ0) is 17.2. The molecule has 3 rings (SSSR count). The van der Waals surface area contributed by atoms with E-state index in [2.05, 4.69) is 41.6 Å². The van der Waals surface area contributed by atoms with Crippen LogP contribution in [0, 0.1) is 0 Å². The number of rotatable bonds is 4. The first kappa shape index (κ1) is 18.5. The molecular weight excluding hydrogens is 341 g/mol. The Morgan fingerprint density at radius 1 is 1.17 bits per heavy atom. The third-order valence-electron chi connectivity index (χ3n) is 6.09. The summed E-state index contributed by atoms with van der Waals surface area (Å²) in [7, 11) is 2.08. The Balaban J connectivity index is 1.78. The minimum Gasteiger partial charge on any atom is -0.316 e. The standard InChI is InChI=1S/C19H29Cl2N3/c1-18(22-2)7-10-24(11-8-18)14-19(6-3-9-23-13-19)15-4-5-16(20)17(21)12-15/h4-5,12,22-23H,3,6-11,13-14H2,1-2H3. The number of halogens is 2. The van der Waals surface area contributed by atoms with E-state index in [1.54, 1.807) is 0 Å². The maximum absolute atomic E-state index is 6.32. The van der Waals surface area contributed by atoms with E-state index in [0.29, 0.717) is 10.0 Å². The van der Waals surface area contributed by atoms with E-state index in [9.17, 15) is 0 Å². The van der Waals surface area contributed by atoms with Gasteiger partial charge < -0.3 is 15.5 Å². The molecule has 134 valence electrons. The Morgan fingerprint density at radius 2 is 1.92 bits per heavy atom. The second kappa shape index (κ2) is 7.51. The number of hydrogen-bond acceptors (Lipinski definition) is 3. The first-order valence-corrected chi connectivity index (χ1v) is 9.80. The maximum atomic E-state index is 6.32. The summed E-state index contributed by atoms with van der Waals surface area (Å²) >= 11 is 12.5. The van der Waals surface area contributed by atoms with Gasteiger partial charge in [-0.25, -0.2) is 0 Å². The number of benzene rings is 1. The van der Waals surface area contributed by atoms with Crippen molar-refractivity contribution in [2.24, 2.45) is 0 Å². The maximum Gasteiger partial charge on any atom is 0.0595 e. The molecule has 1 unspecified atom stereocenters. The number of nitrogens with one attached hydrogen (secondary N) is 2. The molecule has 0 saturated carbocycles. The predicted molar refractivity (Wildman–Crippen MR) is 103 cm³/mol. The SMILES string of the molecule is CNC1(C)CCN(CC2(c3ccc(Cl)c(Cl)c3)CCCNC2)CC1. The second-order valence-electron chi connectivity index (χ2n) is 7.78. The fourth-order valence-corrected chi connectivity index (χ4v) is 4.45. The van der Waals surface area contributed by atoms with Gasteiger partial charge in [-0.05, 0) is 77.0 Å². The van der Waals surface area contributed by atoms with Gasteiger partial charge >= 0.3 is 0 Å². The minimum atomic E-state index is 0.139. The Kier molecular flexibility index (Phi) is 5.78. The summed E-state index contributed by atoms with van der Waals surface area (Å²) in [5.41, 5.74) is 1.75. The van der Waals surface area contributed by atoms with Gasteiger partial charge in [-0.3, -0.25) is 0 Å². The molecule has 2 aliphatic heterocycles. The molecular formula is C19H29Cl2N3. The van der Waals surface area contributed by atoms with Crippen LogP contribution in [0.5, 0.6) is 0 Å². The molecule has 5 heteroatoms. The van der Waals surface area contributed by atoms with E-state index in [1.807, 2.05) is 6.07 Å². The number of hydrogen-bond donors (Lipinski definition) is 2. The van der Waals surface area contributed by atoms with Gasteiger partial charge in [-0.2, -0.15) is 0 Å². The summed E-state index contributed by atoms with van der Waals surface area (Å²) in [6.45, 7) is 7.87. The molecule has 24 heavy (non-hydrogen) atoms. The van der Waals surface area contributed by atoms with Crippen LogP contribution < -0.4 is 10.6 Å². The van der Waals surface area contributed by atoms with Crippen LogP contribution in [-0.4, -0.2) is 50.2 Å². The second-order valence-corrected chi connectivity index (χ2v) is 8.59. The molecule has 1 aromatic rings. The molecule has 2 saturated heterocycles. The normalized spacial score (nSPS) is 28.0. The molecule has 2 N–H and O–H groups in total. The van der Waals surface area contributed by atoms with Gasteiger partial charge in [0, 0.05) is 24.0 Å². The number of likely N-dealkylation sites (tertiary alicyclic amines) is 1. The van der Waals surface area contributed by atoms with Crippen LogP contribution in [0.1, 0.15) is 38.2 Å². The Hall–Kier alpha value is -0.320. The zero-order valence-corrected chi connectivity index (χ0v) is 16.3. The lowest BCUT2D eigenvalue weighted by Gasteiger charge is -2.46. The van der Waals surface area contributed by atoms with Gasteiger partial charge in [0.2, 0.25) is 0 Å². The monoisotopic (exact) mass is 369 g/mol. The van der Waals surface area contributed by atoms with Crippen molar-refractivity contribution in [1.82, 2.24) is 15.5 Å².